The molecule has 0 atom stereocenters. The summed E-state index contributed by atoms with van der Waals surface area (Å²) in [5.74, 6) is -1.79. The summed E-state index contributed by atoms with van der Waals surface area (Å²) >= 11 is 0. The Morgan fingerprint density at radius 3 is 1.89 bits per heavy atom. The average molecular weight is 499 g/mol. The molecular formula is C25H38O10. The monoisotopic (exact) mass is 498 g/mol. The number of carbonyl (C=O) groups is 1. The number of rotatable bonds is 19. The highest BCUT2D eigenvalue weighted by atomic mass is 16.9. The summed E-state index contributed by atoms with van der Waals surface area (Å²) in [6.45, 7) is 8.67. The van der Waals surface area contributed by atoms with Crippen LogP contribution in [0.5, 0.6) is 0 Å². The Labute approximate surface area is 206 Å². The van der Waals surface area contributed by atoms with Crippen LogP contribution in [0.2, 0.25) is 0 Å². The van der Waals surface area contributed by atoms with Crippen molar-refractivity contribution >= 4 is 5.97 Å². The van der Waals surface area contributed by atoms with Crippen molar-refractivity contribution in [2.24, 2.45) is 5.41 Å². The fourth-order valence-corrected chi connectivity index (χ4v) is 3.63. The number of fused-ring (bicyclic) bond motifs is 3. The van der Waals surface area contributed by atoms with Crippen LogP contribution < -0.4 is 0 Å². The van der Waals surface area contributed by atoms with E-state index in [-0.39, 0.29) is 5.41 Å². The minimum Gasteiger partial charge on any atom is -0.478 e. The lowest BCUT2D eigenvalue weighted by Gasteiger charge is -2.50. The van der Waals surface area contributed by atoms with Gasteiger partial charge in [0.25, 0.3) is 5.97 Å². The Balaban J connectivity index is 1.03. The van der Waals surface area contributed by atoms with E-state index in [0.717, 1.165) is 18.4 Å². The van der Waals surface area contributed by atoms with Crippen LogP contribution >= 0.6 is 0 Å². The predicted molar refractivity (Wildman–Crippen MR) is 125 cm³/mol. The molecule has 1 N–H and O–H groups in total. The largest absolute Gasteiger partial charge is 0.478 e. The number of benzene rings is 1. The maximum atomic E-state index is 11.0. The predicted octanol–water partition coefficient (Wildman–Crippen LogP) is 2.14. The van der Waals surface area contributed by atoms with E-state index >= 15 is 0 Å². The van der Waals surface area contributed by atoms with Crippen LogP contribution in [0.3, 0.4) is 0 Å². The van der Waals surface area contributed by atoms with Crippen molar-refractivity contribution in [2.75, 3.05) is 85.9 Å². The van der Waals surface area contributed by atoms with Crippen molar-refractivity contribution in [2.45, 2.75) is 25.7 Å². The summed E-state index contributed by atoms with van der Waals surface area (Å²) < 4.78 is 44.4. The van der Waals surface area contributed by atoms with E-state index in [2.05, 4.69) is 0 Å². The summed E-state index contributed by atoms with van der Waals surface area (Å²) in [6.07, 6.45) is 1.61. The first-order chi connectivity index (χ1) is 17.0. The lowest BCUT2D eigenvalue weighted by atomic mass is 9.90. The first-order valence-electron chi connectivity index (χ1n) is 12.1. The molecule has 198 valence electrons. The highest BCUT2D eigenvalue weighted by Gasteiger charge is 2.50. The Morgan fingerprint density at radius 2 is 1.34 bits per heavy atom. The Morgan fingerprint density at radius 1 is 0.829 bits per heavy atom. The lowest BCUT2D eigenvalue weighted by molar-refractivity contribution is -0.462. The van der Waals surface area contributed by atoms with E-state index in [1.165, 1.54) is 0 Å². The number of hydrogen-bond donors (Lipinski definition) is 1. The second-order valence-electron chi connectivity index (χ2n) is 8.84. The highest BCUT2D eigenvalue weighted by molar-refractivity contribution is 5.87. The maximum Gasteiger partial charge on any atom is 0.335 e. The third-order valence-corrected chi connectivity index (χ3v) is 5.75. The Hall–Kier alpha value is -1.63. The quantitative estimate of drug-likeness (QED) is 0.285. The Kier molecular flexibility index (Phi) is 11.8. The van der Waals surface area contributed by atoms with Crippen LogP contribution in [-0.2, 0) is 44.3 Å². The summed E-state index contributed by atoms with van der Waals surface area (Å²) in [7, 11) is 0. The molecule has 3 heterocycles. The highest BCUT2D eigenvalue weighted by Crippen LogP contribution is 2.38. The molecule has 0 saturated carbocycles. The van der Waals surface area contributed by atoms with Gasteiger partial charge in [0.1, 0.15) is 0 Å². The molecule has 0 aliphatic carbocycles. The molecule has 4 rings (SSSR count). The van der Waals surface area contributed by atoms with Gasteiger partial charge in [0.15, 0.2) is 0 Å². The molecule has 3 aliphatic rings. The molecule has 0 unspecified atom stereocenters. The van der Waals surface area contributed by atoms with Gasteiger partial charge in [-0.1, -0.05) is 12.1 Å². The number of carboxylic acids is 1. The molecule has 0 radical (unpaired) electrons. The minimum absolute atomic E-state index is 0.220. The van der Waals surface area contributed by atoms with E-state index < -0.39 is 11.9 Å². The van der Waals surface area contributed by atoms with Gasteiger partial charge < -0.3 is 43.0 Å². The van der Waals surface area contributed by atoms with Crippen molar-refractivity contribution in [1.29, 1.82) is 0 Å². The lowest BCUT2D eigenvalue weighted by Crippen LogP contribution is -2.60. The van der Waals surface area contributed by atoms with Gasteiger partial charge in [-0.3, -0.25) is 0 Å². The topological polar surface area (TPSA) is 111 Å². The Bertz CT molecular complexity index is 731. The van der Waals surface area contributed by atoms with E-state index in [9.17, 15) is 4.79 Å². The molecule has 10 nitrogen and oxygen atoms in total. The van der Waals surface area contributed by atoms with Crippen LogP contribution in [0, 0.1) is 5.41 Å². The number of aryl methyl sites for hydroxylation is 1. The summed E-state index contributed by atoms with van der Waals surface area (Å²) in [5.41, 5.74) is 1.09. The van der Waals surface area contributed by atoms with Gasteiger partial charge in [-0.05, 0) is 30.5 Å². The van der Waals surface area contributed by atoms with E-state index in [4.69, 9.17) is 43.0 Å². The summed E-state index contributed by atoms with van der Waals surface area (Å²) in [5, 5.41) is 9.01. The van der Waals surface area contributed by atoms with Gasteiger partial charge in [-0.25, -0.2) is 4.79 Å². The zero-order valence-electron chi connectivity index (χ0n) is 20.5. The van der Waals surface area contributed by atoms with Gasteiger partial charge >= 0.3 is 5.97 Å². The van der Waals surface area contributed by atoms with Crippen molar-refractivity contribution in [1.82, 2.24) is 0 Å². The van der Waals surface area contributed by atoms with Gasteiger partial charge in [0, 0.05) is 13.5 Å². The van der Waals surface area contributed by atoms with Gasteiger partial charge in [0.2, 0.25) is 0 Å². The molecule has 0 amide bonds. The molecule has 3 fully saturated rings. The molecule has 2 bridgehead atoms. The smallest absolute Gasteiger partial charge is 0.335 e. The molecule has 1 aromatic carbocycles. The van der Waals surface area contributed by atoms with Crippen molar-refractivity contribution in [3.05, 3.63) is 35.4 Å². The zero-order valence-corrected chi connectivity index (χ0v) is 20.5. The number of ether oxygens (including phenoxy) is 8. The standard InChI is InChI=1S/C25H38O10/c1-24-33-18-25(19-34-24,20-35-24)17-32-15-14-31-13-12-30-11-10-29-9-8-28-7-3-5-21-4-2-6-22(16-21)23(26)27/h2,4,6,16H,3,5,7-15,17-20H2,1H3,(H,26,27). The van der Waals surface area contributed by atoms with Gasteiger partial charge in [-0.15, -0.1) is 0 Å². The second kappa shape index (κ2) is 14.8. The molecular weight excluding hydrogens is 460 g/mol. The van der Waals surface area contributed by atoms with Crippen LogP contribution in [0.4, 0.5) is 0 Å². The van der Waals surface area contributed by atoms with Crippen LogP contribution in [0.25, 0.3) is 0 Å². The number of carboxylic acid groups (broad SMARTS) is 1. The number of aromatic carboxylic acids is 1. The normalized spacial score (nSPS) is 23.6. The maximum absolute atomic E-state index is 11.0. The zero-order chi connectivity index (χ0) is 24.8. The second-order valence-corrected chi connectivity index (χ2v) is 8.84. The van der Waals surface area contributed by atoms with Crippen LogP contribution in [0.1, 0.15) is 29.3 Å². The van der Waals surface area contributed by atoms with E-state index in [1.807, 2.05) is 6.07 Å². The molecule has 3 saturated heterocycles. The third kappa shape index (κ3) is 10.1. The molecule has 0 aromatic heterocycles. The SMILES string of the molecule is CC12OCC(COCCOCCOCCOCCOCCCc3cccc(C(=O)O)c3)(CO1)CO2. The molecule has 0 spiro atoms. The molecule has 3 aliphatic heterocycles. The molecule has 1 aromatic rings. The fraction of sp³-hybridized carbons (Fsp3) is 0.720. The first kappa shape index (κ1) is 27.9. The molecule has 35 heavy (non-hydrogen) atoms. The van der Waals surface area contributed by atoms with Crippen molar-refractivity contribution < 1.29 is 47.8 Å². The third-order valence-electron chi connectivity index (χ3n) is 5.75. The van der Waals surface area contributed by atoms with Crippen LogP contribution in [-0.4, -0.2) is 103 Å². The number of hydrogen-bond acceptors (Lipinski definition) is 9. The van der Waals surface area contributed by atoms with Gasteiger partial charge in [-0.2, -0.15) is 0 Å². The van der Waals surface area contributed by atoms with Crippen LogP contribution in [0.15, 0.2) is 24.3 Å². The van der Waals surface area contributed by atoms with E-state index in [1.54, 1.807) is 25.1 Å². The van der Waals surface area contributed by atoms with Gasteiger partial charge in [0.05, 0.1) is 90.3 Å². The minimum atomic E-state index is -0.907. The van der Waals surface area contributed by atoms with Crippen molar-refractivity contribution in [3.8, 4) is 0 Å². The summed E-state index contributed by atoms with van der Waals surface area (Å²) in [6, 6.07) is 6.99. The molecule has 10 heteroatoms. The summed E-state index contributed by atoms with van der Waals surface area (Å²) in [4.78, 5) is 11.0. The fourth-order valence-electron chi connectivity index (χ4n) is 3.63. The average Bonchev–Trinajstić information content (AvgIpc) is 2.87. The first-order valence-corrected chi connectivity index (χ1v) is 12.1. The van der Waals surface area contributed by atoms with Crippen molar-refractivity contribution in [3.63, 3.8) is 0 Å². The van der Waals surface area contributed by atoms with E-state index in [0.29, 0.717) is 91.5 Å².